The van der Waals surface area contributed by atoms with Crippen molar-refractivity contribution in [1.29, 1.82) is 0 Å². The summed E-state index contributed by atoms with van der Waals surface area (Å²) in [6.45, 7) is 1.74. The van der Waals surface area contributed by atoms with Crippen molar-refractivity contribution in [2.45, 2.75) is 13.0 Å². The summed E-state index contributed by atoms with van der Waals surface area (Å²) in [5.74, 6) is -0.0644. The van der Waals surface area contributed by atoms with E-state index in [1.807, 2.05) is 0 Å². The highest BCUT2D eigenvalue weighted by Gasteiger charge is 2.42. The van der Waals surface area contributed by atoms with Crippen LogP contribution >= 0.6 is 0 Å². The summed E-state index contributed by atoms with van der Waals surface area (Å²) in [5, 5.41) is 0. The fraction of sp³-hybridized carbons (Fsp3) is 0.385. The van der Waals surface area contributed by atoms with Crippen LogP contribution in [0, 0.1) is 6.92 Å². The Morgan fingerprint density at radius 2 is 1.84 bits per heavy atom. The molecule has 1 heterocycles. The van der Waals surface area contributed by atoms with Crippen LogP contribution < -0.4 is 14.2 Å². The van der Waals surface area contributed by atoms with Crippen LogP contribution in [0.5, 0.6) is 17.2 Å². The van der Waals surface area contributed by atoms with E-state index in [9.17, 15) is 9.59 Å². The molecule has 1 aliphatic rings. The summed E-state index contributed by atoms with van der Waals surface area (Å²) in [7, 11) is 4.14. The third-order valence-electron chi connectivity index (χ3n) is 3.02. The highest BCUT2D eigenvalue weighted by atomic mass is 16.6. The lowest BCUT2D eigenvalue weighted by atomic mass is 10.0. The molecule has 0 radical (unpaired) electrons. The number of benzene rings is 1. The Balaban J connectivity index is 2.58. The third kappa shape index (κ3) is 1.89. The maximum absolute atomic E-state index is 12.2. The SMILES string of the molecule is COC(=O)C1Oc2c(C)c(OC)cc(OC)c2C1=O. The summed E-state index contributed by atoms with van der Waals surface area (Å²) in [6, 6.07) is 1.59. The third-order valence-corrected chi connectivity index (χ3v) is 3.02. The van der Waals surface area contributed by atoms with E-state index in [-0.39, 0.29) is 5.56 Å². The summed E-state index contributed by atoms with van der Waals surface area (Å²) < 4.78 is 20.3. The van der Waals surface area contributed by atoms with Crippen molar-refractivity contribution in [3.8, 4) is 17.2 Å². The van der Waals surface area contributed by atoms with Crippen molar-refractivity contribution >= 4 is 11.8 Å². The molecule has 1 aliphatic heterocycles. The van der Waals surface area contributed by atoms with Crippen LogP contribution in [0.4, 0.5) is 0 Å². The van der Waals surface area contributed by atoms with Gasteiger partial charge in [0.05, 0.1) is 21.3 Å². The highest BCUT2D eigenvalue weighted by Crippen LogP contribution is 2.43. The molecule has 2 rings (SSSR count). The lowest BCUT2D eigenvalue weighted by Gasteiger charge is -2.12. The van der Waals surface area contributed by atoms with Crippen LogP contribution in [-0.2, 0) is 9.53 Å². The van der Waals surface area contributed by atoms with Gasteiger partial charge < -0.3 is 18.9 Å². The number of fused-ring (bicyclic) bond motifs is 1. The molecule has 1 unspecified atom stereocenters. The first kappa shape index (κ1) is 13.2. The summed E-state index contributed by atoms with van der Waals surface area (Å²) in [4.78, 5) is 23.7. The first-order valence-electron chi connectivity index (χ1n) is 5.59. The topological polar surface area (TPSA) is 71.1 Å². The minimum Gasteiger partial charge on any atom is -0.496 e. The number of hydrogen-bond acceptors (Lipinski definition) is 6. The lowest BCUT2D eigenvalue weighted by Crippen LogP contribution is -2.31. The smallest absolute Gasteiger partial charge is 0.355 e. The first-order chi connectivity index (χ1) is 9.04. The summed E-state index contributed by atoms with van der Waals surface area (Å²) >= 11 is 0. The number of hydrogen-bond donors (Lipinski definition) is 0. The van der Waals surface area contributed by atoms with Crippen LogP contribution in [0.1, 0.15) is 15.9 Å². The van der Waals surface area contributed by atoms with Gasteiger partial charge in [0.15, 0.2) is 0 Å². The van der Waals surface area contributed by atoms with Gasteiger partial charge in [0, 0.05) is 11.6 Å². The largest absolute Gasteiger partial charge is 0.496 e. The maximum Gasteiger partial charge on any atom is 0.355 e. The molecule has 0 N–H and O–H groups in total. The molecule has 0 aromatic heterocycles. The first-order valence-corrected chi connectivity index (χ1v) is 5.59. The normalized spacial score (nSPS) is 16.6. The van der Waals surface area contributed by atoms with E-state index in [0.717, 1.165) is 0 Å². The second-order valence-electron chi connectivity index (χ2n) is 4.00. The van der Waals surface area contributed by atoms with Crippen LogP contribution in [0.2, 0.25) is 0 Å². The fourth-order valence-electron chi connectivity index (χ4n) is 2.03. The average molecular weight is 266 g/mol. The van der Waals surface area contributed by atoms with Gasteiger partial charge in [-0.25, -0.2) is 4.79 Å². The van der Waals surface area contributed by atoms with E-state index in [1.165, 1.54) is 21.3 Å². The Morgan fingerprint density at radius 3 is 2.37 bits per heavy atom. The molecular formula is C13H14O6. The van der Waals surface area contributed by atoms with Gasteiger partial charge in [0.2, 0.25) is 5.78 Å². The molecule has 0 saturated carbocycles. The van der Waals surface area contributed by atoms with Crippen molar-refractivity contribution in [3.63, 3.8) is 0 Å². The molecule has 0 saturated heterocycles. The predicted octanol–water partition coefficient (Wildman–Crippen LogP) is 1.13. The molecule has 0 amide bonds. The molecule has 6 nitrogen and oxygen atoms in total. The van der Waals surface area contributed by atoms with E-state index in [1.54, 1.807) is 13.0 Å². The Bertz CT molecular complexity index is 549. The lowest BCUT2D eigenvalue weighted by molar-refractivity contribution is -0.145. The quantitative estimate of drug-likeness (QED) is 0.603. The number of ketones is 1. The van der Waals surface area contributed by atoms with E-state index in [4.69, 9.17) is 14.2 Å². The van der Waals surface area contributed by atoms with Gasteiger partial charge in [0.25, 0.3) is 6.10 Å². The van der Waals surface area contributed by atoms with Gasteiger partial charge in [-0.15, -0.1) is 0 Å². The fourth-order valence-corrected chi connectivity index (χ4v) is 2.03. The molecule has 1 atom stereocenters. The maximum atomic E-state index is 12.2. The zero-order valence-corrected chi connectivity index (χ0v) is 11.1. The molecular weight excluding hydrogens is 252 g/mol. The van der Waals surface area contributed by atoms with E-state index >= 15 is 0 Å². The van der Waals surface area contributed by atoms with Crippen molar-refractivity contribution in [3.05, 3.63) is 17.2 Å². The average Bonchev–Trinajstić information content (AvgIpc) is 2.77. The van der Waals surface area contributed by atoms with Crippen LogP contribution in [0.25, 0.3) is 0 Å². The van der Waals surface area contributed by atoms with E-state index in [2.05, 4.69) is 4.74 Å². The monoisotopic (exact) mass is 266 g/mol. The van der Waals surface area contributed by atoms with E-state index in [0.29, 0.717) is 22.8 Å². The van der Waals surface area contributed by atoms with Gasteiger partial charge in [-0.05, 0) is 6.92 Å². The Kier molecular flexibility index (Phi) is 3.33. The standard InChI is InChI=1S/C13H14O6/c1-6-7(16-2)5-8(17-3)9-10(14)12(13(15)18-4)19-11(6)9/h5,12H,1-4H3. The molecule has 102 valence electrons. The molecule has 0 bridgehead atoms. The summed E-state index contributed by atoms with van der Waals surface area (Å²) in [5.41, 5.74) is 0.884. The minimum atomic E-state index is -1.28. The van der Waals surface area contributed by atoms with Crippen molar-refractivity contribution in [2.75, 3.05) is 21.3 Å². The van der Waals surface area contributed by atoms with Gasteiger partial charge in [-0.2, -0.15) is 0 Å². The van der Waals surface area contributed by atoms with Gasteiger partial charge in [-0.1, -0.05) is 0 Å². The molecule has 1 aromatic rings. The molecule has 19 heavy (non-hydrogen) atoms. The second kappa shape index (κ2) is 4.79. The molecule has 0 fully saturated rings. The van der Waals surface area contributed by atoms with Gasteiger partial charge in [-0.3, -0.25) is 4.79 Å². The molecule has 6 heteroatoms. The number of carbonyl (C=O) groups excluding carboxylic acids is 2. The summed E-state index contributed by atoms with van der Waals surface area (Å²) in [6.07, 6.45) is -1.28. The number of esters is 1. The number of carbonyl (C=O) groups is 2. The highest BCUT2D eigenvalue weighted by molar-refractivity contribution is 6.17. The van der Waals surface area contributed by atoms with Crippen LogP contribution in [0.15, 0.2) is 6.07 Å². The van der Waals surface area contributed by atoms with Gasteiger partial charge >= 0.3 is 5.97 Å². The number of Topliss-reactive ketones (excluding diaryl/α,β-unsaturated/α-hetero) is 1. The number of methoxy groups -OCH3 is 3. The van der Waals surface area contributed by atoms with Crippen LogP contribution in [-0.4, -0.2) is 39.2 Å². The van der Waals surface area contributed by atoms with Crippen LogP contribution in [0.3, 0.4) is 0 Å². The number of ether oxygens (including phenoxy) is 4. The zero-order chi connectivity index (χ0) is 14.2. The second-order valence-corrected chi connectivity index (χ2v) is 4.00. The Hall–Kier alpha value is -2.24. The van der Waals surface area contributed by atoms with E-state index < -0.39 is 17.9 Å². The minimum absolute atomic E-state index is 0.246. The molecule has 0 aliphatic carbocycles. The predicted molar refractivity (Wildman–Crippen MR) is 65.0 cm³/mol. The number of rotatable bonds is 3. The van der Waals surface area contributed by atoms with Crippen molar-refractivity contribution < 1.29 is 28.5 Å². The zero-order valence-electron chi connectivity index (χ0n) is 11.1. The van der Waals surface area contributed by atoms with Gasteiger partial charge in [0.1, 0.15) is 22.8 Å². The Morgan fingerprint density at radius 1 is 1.21 bits per heavy atom. The molecule has 1 aromatic carbocycles. The van der Waals surface area contributed by atoms with Crippen molar-refractivity contribution in [2.24, 2.45) is 0 Å². The molecule has 0 spiro atoms. The Labute approximate surface area is 110 Å². The van der Waals surface area contributed by atoms with Crippen molar-refractivity contribution in [1.82, 2.24) is 0 Å².